The molecule has 0 spiro atoms. The quantitative estimate of drug-likeness (QED) is 0.591. The van der Waals surface area contributed by atoms with Crippen LogP contribution in [0.2, 0.25) is 0 Å². The zero-order valence-corrected chi connectivity index (χ0v) is 16.7. The van der Waals surface area contributed by atoms with Gasteiger partial charge in [-0.3, -0.25) is 4.99 Å². The zero-order chi connectivity index (χ0) is 18.9. The van der Waals surface area contributed by atoms with Crippen molar-refractivity contribution < 1.29 is 0 Å². The Bertz CT molecular complexity index is 704. The summed E-state index contributed by atoms with van der Waals surface area (Å²) in [5.74, 6) is 1.26. The molecular weight excluding hydrogens is 320 g/mol. The van der Waals surface area contributed by atoms with E-state index in [4.69, 9.17) is 0 Å². The number of hydrogen-bond acceptors (Lipinski definition) is 2. The van der Waals surface area contributed by atoms with Crippen molar-refractivity contribution in [1.82, 2.24) is 15.5 Å². The topological polar surface area (TPSA) is 39.7 Å². The molecule has 140 valence electrons. The van der Waals surface area contributed by atoms with E-state index in [0.29, 0.717) is 5.92 Å². The molecule has 4 nitrogen and oxygen atoms in total. The summed E-state index contributed by atoms with van der Waals surface area (Å²) in [7, 11) is 5.99. The number of rotatable bonds is 7. The van der Waals surface area contributed by atoms with Gasteiger partial charge in [-0.15, -0.1) is 0 Å². The van der Waals surface area contributed by atoms with Crippen molar-refractivity contribution in [3.8, 4) is 0 Å². The van der Waals surface area contributed by atoms with Gasteiger partial charge < -0.3 is 15.5 Å². The molecule has 0 saturated carbocycles. The van der Waals surface area contributed by atoms with Gasteiger partial charge in [0.05, 0.1) is 0 Å². The van der Waals surface area contributed by atoms with Crippen LogP contribution in [0.3, 0.4) is 0 Å². The molecule has 0 aliphatic heterocycles. The molecule has 0 aliphatic rings. The van der Waals surface area contributed by atoms with Gasteiger partial charge in [0.2, 0.25) is 0 Å². The summed E-state index contributed by atoms with van der Waals surface area (Å²) in [6.45, 7) is 6.92. The molecule has 2 N–H and O–H groups in total. The van der Waals surface area contributed by atoms with E-state index in [1.807, 2.05) is 7.05 Å². The predicted molar refractivity (Wildman–Crippen MR) is 112 cm³/mol. The van der Waals surface area contributed by atoms with Crippen molar-refractivity contribution >= 4 is 5.96 Å². The highest BCUT2D eigenvalue weighted by molar-refractivity contribution is 5.79. The van der Waals surface area contributed by atoms with Crippen molar-refractivity contribution in [3.05, 3.63) is 70.8 Å². The Morgan fingerprint density at radius 1 is 1.04 bits per heavy atom. The van der Waals surface area contributed by atoms with Crippen LogP contribution in [-0.2, 0) is 13.1 Å². The lowest BCUT2D eigenvalue weighted by Crippen LogP contribution is -2.38. The molecule has 0 aliphatic carbocycles. The van der Waals surface area contributed by atoms with Crippen LogP contribution < -0.4 is 10.6 Å². The lowest BCUT2D eigenvalue weighted by atomic mass is 10.0. The van der Waals surface area contributed by atoms with E-state index in [9.17, 15) is 0 Å². The number of nitrogens with zero attached hydrogens (tertiary/aromatic N) is 2. The molecule has 0 fully saturated rings. The number of aliphatic imine (C=N–C) groups is 1. The highest BCUT2D eigenvalue weighted by atomic mass is 15.2. The summed E-state index contributed by atoms with van der Waals surface area (Å²) in [6, 6.07) is 17.4. The zero-order valence-electron chi connectivity index (χ0n) is 16.7. The summed E-state index contributed by atoms with van der Waals surface area (Å²) in [6.07, 6.45) is 0. The second-order valence-corrected chi connectivity index (χ2v) is 7.18. The van der Waals surface area contributed by atoms with Gasteiger partial charge in [-0.1, -0.05) is 61.0 Å². The molecule has 2 aromatic carbocycles. The normalized spacial score (nSPS) is 12.9. The molecule has 0 bridgehead atoms. The summed E-state index contributed by atoms with van der Waals surface area (Å²) in [5, 5.41) is 6.84. The van der Waals surface area contributed by atoms with Gasteiger partial charge in [-0.25, -0.2) is 0 Å². The van der Waals surface area contributed by atoms with E-state index in [1.54, 1.807) is 0 Å². The number of nitrogens with one attached hydrogen (secondary N) is 2. The molecule has 26 heavy (non-hydrogen) atoms. The minimum Gasteiger partial charge on any atom is -0.356 e. The highest BCUT2D eigenvalue weighted by Crippen LogP contribution is 2.14. The van der Waals surface area contributed by atoms with Gasteiger partial charge in [0.15, 0.2) is 5.96 Å². The first-order chi connectivity index (χ1) is 12.5. The maximum Gasteiger partial charge on any atom is 0.191 e. The third-order valence-corrected chi connectivity index (χ3v) is 4.40. The lowest BCUT2D eigenvalue weighted by Gasteiger charge is -2.17. The summed E-state index contributed by atoms with van der Waals surface area (Å²) >= 11 is 0. The average molecular weight is 353 g/mol. The van der Waals surface area contributed by atoms with Crippen molar-refractivity contribution in [1.29, 1.82) is 0 Å². The fraction of sp³-hybridized carbons (Fsp3) is 0.409. The smallest absolute Gasteiger partial charge is 0.191 e. The molecule has 2 aromatic rings. The number of guanidine groups is 1. The summed E-state index contributed by atoms with van der Waals surface area (Å²) < 4.78 is 0. The minimum absolute atomic E-state index is 0.428. The fourth-order valence-electron chi connectivity index (χ4n) is 2.87. The van der Waals surface area contributed by atoms with Crippen LogP contribution in [0.25, 0.3) is 0 Å². The SMILES string of the molecule is CN=C(NCc1cccc(CN(C)C)c1)NCC(C)c1ccc(C)cc1. The van der Waals surface area contributed by atoms with E-state index in [0.717, 1.165) is 25.6 Å². The third kappa shape index (κ3) is 6.52. The molecule has 0 heterocycles. The highest BCUT2D eigenvalue weighted by Gasteiger charge is 2.07. The van der Waals surface area contributed by atoms with E-state index in [-0.39, 0.29) is 0 Å². The van der Waals surface area contributed by atoms with E-state index < -0.39 is 0 Å². The second kappa shape index (κ2) is 9.97. The summed E-state index contributed by atoms with van der Waals surface area (Å²) in [4.78, 5) is 6.52. The average Bonchev–Trinajstić information content (AvgIpc) is 2.62. The molecule has 4 heteroatoms. The molecule has 0 radical (unpaired) electrons. The van der Waals surface area contributed by atoms with Crippen LogP contribution in [0.4, 0.5) is 0 Å². The van der Waals surface area contributed by atoms with Crippen LogP contribution in [0, 0.1) is 6.92 Å². The predicted octanol–water partition coefficient (Wildman–Crippen LogP) is 3.53. The molecule has 2 rings (SSSR count). The fourth-order valence-corrected chi connectivity index (χ4v) is 2.87. The first-order valence-electron chi connectivity index (χ1n) is 9.21. The first kappa shape index (κ1) is 20.0. The van der Waals surface area contributed by atoms with Crippen LogP contribution in [-0.4, -0.2) is 38.5 Å². The van der Waals surface area contributed by atoms with Gasteiger partial charge in [0.1, 0.15) is 0 Å². The van der Waals surface area contributed by atoms with Gasteiger partial charge in [0, 0.05) is 26.7 Å². The minimum atomic E-state index is 0.428. The van der Waals surface area contributed by atoms with Gasteiger partial charge >= 0.3 is 0 Å². The number of benzene rings is 2. The largest absolute Gasteiger partial charge is 0.356 e. The molecule has 1 atom stereocenters. The van der Waals surface area contributed by atoms with Gasteiger partial charge in [-0.2, -0.15) is 0 Å². The van der Waals surface area contributed by atoms with Crippen LogP contribution in [0.1, 0.15) is 35.1 Å². The Morgan fingerprint density at radius 3 is 2.38 bits per heavy atom. The molecular formula is C22H32N4. The second-order valence-electron chi connectivity index (χ2n) is 7.18. The van der Waals surface area contributed by atoms with Crippen molar-refractivity contribution in [2.75, 3.05) is 27.7 Å². The van der Waals surface area contributed by atoms with Crippen molar-refractivity contribution in [3.63, 3.8) is 0 Å². The third-order valence-electron chi connectivity index (χ3n) is 4.40. The van der Waals surface area contributed by atoms with Crippen LogP contribution in [0.5, 0.6) is 0 Å². The maximum absolute atomic E-state index is 4.34. The van der Waals surface area contributed by atoms with E-state index >= 15 is 0 Å². The summed E-state index contributed by atoms with van der Waals surface area (Å²) in [5.41, 5.74) is 5.22. The molecule has 1 unspecified atom stereocenters. The van der Waals surface area contributed by atoms with Crippen molar-refractivity contribution in [2.24, 2.45) is 4.99 Å². The number of aryl methyl sites for hydroxylation is 1. The Balaban J connectivity index is 1.85. The van der Waals surface area contributed by atoms with Gasteiger partial charge in [-0.05, 0) is 43.6 Å². The Hall–Kier alpha value is -2.33. The van der Waals surface area contributed by atoms with Crippen LogP contribution in [0.15, 0.2) is 53.5 Å². The molecule has 0 amide bonds. The molecule has 0 saturated heterocycles. The number of hydrogen-bond donors (Lipinski definition) is 2. The lowest BCUT2D eigenvalue weighted by molar-refractivity contribution is 0.402. The van der Waals surface area contributed by atoms with Crippen molar-refractivity contribution in [2.45, 2.75) is 32.9 Å². The van der Waals surface area contributed by atoms with Gasteiger partial charge in [0.25, 0.3) is 0 Å². The first-order valence-corrected chi connectivity index (χ1v) is 9.21. The Morgan fingerprint density at radius 2 is 1.73 bits per heavy atom. The monoisotopic (exact) mass is 352 g/mol. The van der Waals surface area contributed by atoms with E-state index in [1.165, 1.54) is 22.3 Å². The molecule has 0 aromatic heterocycles. The Kier molecular flexibility index (Phi) is 7.67. The Labute approximate surface area is 158 Å². The van der Waals surface area contributed by atoms with Crippen LogP contribution >= 0.6 is 0 Å². The van der Waals surface area contributed by atoms with E-state index in [2.05, 4.69) is 97.0 Å². The maximum atomic E-state index is 4.34. The standard InChI is InChI=1S/C22H32N4/c1-17-9-11-21(12-10-17)18(2)14-24-22(23-3)25-15-19-7-6-8-20(13-19)16-26(4)5/h6-13,18H,14-16H2,1-5H3,(H2,23,24,25).